The second-order valence-corrected chi connectivity index (χ2v) is 17.0. The molecular weight excluding hydrogens is 745 g/mol. The fraction of sp³-hybridized carbons (Fsp3) is 0.844. The number of aliphatic carboxylic acids is 1. The molecule has 1 amide bonds. The number of unbranched alkanes of at least 4 members (excludes halogenated alkanes) is 25. The van der Waals surface area contributed by atoms with Gasteiger partial charge in [0.1, 0.15) is 12.7 Å². The van der Waals surface area contributed by atoms with E-state index in [0.717, 1.165) is 64.2 Å². The van der Waals surface area contributed by atoms with Crippen molar-refractivity contribution in [1.29, 1.82) is 0 Å². The molecule has 0 fully saturated rings. The van der Waals surface area contributed by atoms with Crippen LogP contribution in [0.5, 0.6) is 0 Å². The minimum atomic E-state index is -4.76. The number of ether oxygens (including phenoxy) is 1. The minimum Gasteiger partial charge on any atom is -0.480 e. The van der Waals surface area contributed by atoms with E-state index in [9.17, 15) is 34.1 Å². The van der Waals surface area contributed by atoms with Gasteiger partial charge < -0.3 is 25.2 Å². The number of nitrogens with one attached hydrogen (secondary N) is 1. The quantitative estimate of drug-likeness (QED) is 0.0201. The van der Waals surface area contributed by atoms with Crippen molar-refractivity contribution in [3.8, 4) is 0 Å². The highest BCUT2D eigenvalue weighted by Gasteiger charge is 2.28. The summed E-state index contributed by atoms with van der Waals surface area (Å²) in [5.74, 6) is -2.38. The standard InChI is InChI=1S/C45H84NO10P/c1-3-5-7-9-11-13-15-17-19-20-21-23-25-27-29-31-33-35-37-44(49)54-38-41(47)39-55-57(52,53)56-40-42(45(50)51)46-43(48)36-34-32-30-28-26-24-22-18-16-14-12-10-8-6-4-2/h12,14,18,22,41-42,47H,3-11,13,15-17,19-21,23-40H2,1-2H3,(H,46,48)(H,50,51)(H,52,53)/b14-12-,22-18-. The number of carbonyl (C=O) groups is 3. The number of rotatable bonds is 43. The number of phosphoric ester groups is 1. The molecule has 334 valence electrons. The molecule has 0 aliphatic carbocycles. The summed E-state index contributed by atoms with van der Waals surface area (Å²) < 4.78 is 26.9. The fourth-order valence-electron chi connectivity index (χ4n) is 6.40. The third-order valence-corrected chi connectivity index (χ3v) is 10.9. The van der Waals surface area contributed by atoms with Crippen LogP contribution >= 0.6 is 7.82 Å². The zero-order valence-corrected chi connectivity index (χ0v) is 37.0. The Kier molecular flexibility index (Phi) is 39.3. The van der Waals surface area contributed by atoms with E-state index in [0.29, 0.717) is 12.8 Å². The lowest BCUT2D eigenvalue weighted by molar-refractivity contribution is -0.147. The van der Waals surface area contributed by atoms with Crippen LogP contribution < -0.4 is 5.32 Å². The average Bonchev–Trinajstić information content (AvgIpc) is 3.18. The zero-order valence-electron chi connectivity index (χ0n) is 36.2. The Morgan fingerprint density at radius 3 is 1.46 bits per heavy atom. The summed E-state index contributed by atoms with van der Waals surface area (Å²) >= 11 is 0. The van der Waals surface area contributed by atoms with Crippen molar-refractivity contribution < 1.29 is 47.8 Å². The summed E-state index contributed by atoms with van der Waals surface area (Å²) in [6, 6.07) is -1.55. The number of hydrogen-bond donors (Lipinski definition) is 4. The van der Waals surface area contributed by atoms with Gasteiger partial charge >= 0.3 is 19.8 Å². The Morgan fingerprint density at radius 1 is 0.561 bits per heavy atom. The summed E-state index contributed by atoms with van der Waals surface area (Å²) in [6.45, 7) is 2.58. The van der Waals surface area contributed by atoms with Crippen molar-refractivity contribution in [1.82, 2.24) is 5.32 Å². The molecule has 0 saturated carbocycles. The van der Waals surface area contributed by atoms with Gasteiger partial charge in [0, 0.05) is 12.8 Å². The molecule has 4 N–H and O–H groups in total. The van der Waals surface area contributed by atoms with E-state index in [1.807, 2.05) is 0 Å². The van der Waals surface area contributed by atoms with E-state index >= 15 is 0 Å². The van der Waals surface area contributed by atoms with Crippen LogP contribution in [0.2, 0.25) is 0 Å². The van der Waals surface area contributed by atoms with Crippen LogP contribution in [0.15, 0.2) is 24.3 Å². The van der Waals surface area contributed by atoms with Crippen LogP contribution in [-0.4, -0.2) is 64.9 Å². The SMILES string of the molecule is CCCCC/C=C\C/C=C\CCCCCCCC(=O)NC(COP(=O)(O)OCC(O)COC(=O)CCCCCCCCCCCCCCCCCCCC)C(=O)O. The highest BCUT2D eigenvalue weighted by molar-refractivity contribution is 7.47. The van der Waals surface area contributed by atoms with Gasteiger partial charge in [0.15, 0.2) is 6.04 Å². The van der Waals surface area contributed by atoms with E-state index in [2.05, 4.69) is 43.5 Å². The van der Waals surface area contributed by atoms with Crippen LogP contribution in [0, 0.1) is 0 Å². The normalized spacial score (nSPS) is 13.9. The van der Waals surface area contributed by atoms with Gasteiger partial charge in [-0.25, -0.2) is 9.36 Å². The van der Waals surface area contributed by atoms with Crippen molar-refractivity contribution in [2.75, 3.05) is 19.8 Å². The Morgan fingerprint density at radius 2 is 0.965 bits per heavy atom. The molecule has 0 heterocycles. The Hall–Kier alpha value is -2.04. The van der Waals surface area contributed by atoms with Gasteiger partial charge in [-0.3, -0.25) is 18.6 Å². The molecule has 0 aromatic heterocycles. The van der Waals surface area contributed by atoms with Gasteiger partial charge in [0.25, 0.3) is 0 Å². The smallest absolute Gasteiger partial charge is 0.472 e. The predicted octanol–water partition coefficient (Wildman–Crippen LogP) is 11.8. The lowest BCUT2D eigenvalue weighted by atomic mass is 10.0. The van der Waals surface area contributed by atoms with Crippen molar-refractivity contribution in [3.63, 3.8) is 0 Å². The molecule has 3 unspecified atom stereocenters. The third kappa shape index (κ3) is 40.5. The van der Waals surface area contributed by atoms with Gasteiger partial charge in [0.05, 0.1) is 13.2 Å². The highest BCUT2D eigenvalue weighted by atomic mass is 31.2. The number of aliphatic hydroxyl groups is 1. The molecular formula is C45H84NO10P. The molecule has 12 heteroatoms. The third-order valence-electron chi connectivity index (χ3n) is 9.99. The maximum atomic E-state index is 12.3. The van der Waals surface area contributed by atoms with E-state index < -0.39 is 57.6 Å². The maximum absolute atomic E-state index is 12.3. The first-order chi connectivity index (χ1) is 27.6. The monoisotopic (exact) mass is 830 g/mol. The molecule has 0 aliphatic rings. The van der Waals surface area contributed by atoms with E-state index in [1.165, 1.54) is 109 Å². The number of hydrogen-bond acceptors (Lipinski definition) is 8. The van der Waals surface area contributed by atoms with E-state index in [1.54, 1.807) is 0 Å². The summed E-state index contributed by atoms with van der Waals surface area (Å²) in [7, 11) is -4.76. The second-order valence-electron chi connectivity index (χ2n) is 15.6. The van der Waals surface area contributed by atoms with Crippen molar-refractivity contribution in [2.45, 2.75) is 225 Å². The molecule has 0 radical (unpaired) electrons. The fourth-order valence-corrected chi connectivity index (χ4v) is 7.18. The van der Waals surface area contributed by atoms with Crippen LogP contribution in [0.4, 0.5) is 0 Å². The van der Waals surface area contributed by atoms with E-state index in [-0.39, 0.29) is 12.8 Å². The first-order valence-electron chi connectivity index (χ1n) is 22.9. The molecule has 0 saturated heterocycles. The largest absolute Gasteiger partial charge is 0.480 e. The number of carboxylic acid groups (broad SMARTS) is 1. The Balaban J connectivity index is 3.87. The molecule has 0 aromatic carbocycles. The van der Waals surface area contributed by atoms with E-state index in [4.69, 9.17) is 13.8 Å². The van der Waals surface area contributed by atoms with Gasteiger partial charge in [-0.1, -0.05) is 179 Å². The molecule has 0 aliphatic heterocycles. The molecule has 0 rings (SSSR count). The van der Waals surface area contributed by atoms with Crippen molar-refractivity contribution in [3.05, 3.63) is 24.3 Å². The van der Waals surface area contributed by atoms with Crippen LogP contribution in [0.25, 0.3) is 0 Å². The number of amides is 1. The van der Waals surface area contributed by atoms with Gasteiger partial charge in [-0.05, 0) is 44.9 Å². The van der Waals surface area contributed by atoms with Crippen LogP contribution in [0.1, 0.15) is 213 Å². The number of phosphoric acid groups is 1. The summed E-state index contributed by atoms with van der Waals surface area (Å²) in [5, 5.41) is 21.8. The topological polar surface area (TPSA) is 169 Å². The highest BCUT2D eigenvalue weighted by Crippen LogP contribution is 2.43. The van der Waals surface area contributed by atoms with Crippen molar-refractivity contribution >= 4 is 25.7 Å². The number of carbonyl (C=O) groups excluding carboxylic acids is 2. The Labute approximate surface area is 347 Å². The van der Waals surface area contributed by atoms with Crippen LogP contribution in [-0.2, 0) is 32.7 Å². The molecule has 0 spiro atoms. The van der Waals surface area contributed by atoms with Gasteiger partial charge in [-0.2, -0.15) is 0 Å². The zero-order chi connectivity index (χ0) is 42.1. The predicted molar refractivity (Wildman–Crippen MR) is 231 cm³/mol. The molecule has 0 bridgehead atoms. The number of esters is 1. The lowest BCUT2D eigenvalue weighted by Gasteiger charge is -2.18. The summed E-state index contributed by atoms with van der Waals surface area (Å²) in [6.07, 6.45) is 42.0. The van der Waals surface area contributed by atoms with Crippen molar-refractivity contribution in [2.24, 2.45) is 0 Å². The first-order valence-corrected chi connectivity index (χ1v) is 24.4. The molecule has 11 nitrogen and oxygen atoms in total. The summed E-state index contributed by atoms with van der Waals surface area (Å²) in [5.41, 5.74) is 0. The second kappa shape index (κ2) is 40.7. The number of aliphatic hydroxyl groups excluding tert-OH is 1. The number of carboxylic acids is 1. The first kappa shape index (κ1) is 55.0. The molecule has 57 heavy (non-hydrogen) atoms. The lowest BCUT2D eigenvalue weighted by Crippen LogP contribution is -2.43. The molecule has 0 aromatic rings. The van der Waals surface area contributed by atoms with Gasteiger partial charge in [0.2, 0.25) is 5.91 Å². The van der Waals surface area contributed by atoms with Gasteiger partial charge in [-0.15, -0.1) is 0 Å². The minimum absolute atomic E-state index is 0.131. The van der Waals surface area contributed by atoms with Crippen LogP contribution in [0.3, 0.4) is 0 Å². The summed E-state index contributed by atoms with van der Waals surface area (Å²) in [4.78, 5) is 45.9. The Bertz CT molecular complexity index is 1070. The maximum Gasteiger partial charge on any atom is 0.472 e. The number of allylic oxidation sites excluding steroid dienone is 4. The average molecular weight is 830 g/mol. The molecule has 3 atom stereocenters.